The van der Waals surface area contributed by atoms with Gasteiger partial charge in [0.1, 0.15) is 5.75 Å². The van der Waals surface area contributed by atoms with Crippen molar-refractivity contribution in [1.82, 2.24) is 0 Å². The van der Waals surface area contributed by atoms with Gasteiger partial charge in [0, 0.05) is 27.5 Å². The number of halogens is 1. The Labute approximate surface area is 134 Å². The van der Waals surface area contributed by atoms with E-state index in [1.54, 1.807) is 19.1 Å². The highest BCUT2D eigenvalue weighted by Crippen LogP contribution is 2.23. The van der Waals surface area contributed by atoms with E-state index in [2.05, 4.69) is 5.32 Å². The lowest BCUT2D eigenvalue weighted by atomic mass is 10.1. The maximum atomic E-state index is 12.2. The number of rotatable bonds is 3. The van der Waals surface area contributed by atoms with E-state index in [1.807, 2.05) is 22.6 Å². The van der Waals surface area contributed by atoms with Crippen LogP contribution in [-0.2, 0) is 0 Å². The third kappa shape index (κ3) is 3.48. The van der Waals surface area contributed by atoms with Gasteiger partial charge in [-0.1, -0.05) is 6.07 Å². The molecule has 6 nitrogen and oxygen atoms in total. The Kier molecular flexibility index (Phi) is 4.41. The second-order valence-corrected chi connectivity index (χ2v) is 5.54. The number of anilines is 1. The standard InChI is InChI=1S/C14H11IN2O4/c1-8-2-3-9(6-13(8)18)16-14(19)11-7-10(17(20)21)4-5-12(11)15/h2-7,18H,1H3,(H,16,19). The molecule has 0 aliphatic rings. The number of non-ortho nitro benzene ring substituents is 1. The summed E-state index contributed by atoms with van der Waals surface area (Å²) in [5.41, 5.74) is 1.18. The molecule has 2 aromatic carbocycles. The molecular weight excluding hydrogens is 387 g/mol. The highest BCUT2D eigenvalue weighted by atomic mass is 127. The molecule has 2 aromatic rings. The summed E-state index contributed by atoms with van der Waals surface area (Å²) in [6.07, 6.45) is 0. The number of nitro groups is 1. The fourth-order valence-corrected chi connectivity index (χ4v) is 2.27. The number of aromatic hydroxyl groups is 1. The third-order valence-corrected chi connectivity index (χ3v) is 3.81. The van der Waals surface area contributed by atoms with Gasteiger partial charge in [0.2, 0.25) is 0 Å². The number of benzene rings is 2. The lowest BCUT2D eigenvalue weighted by molar-refractivity contribution is -0.384. The molecule has 0 radical (unpaired) electrons. The van der Waals surface area contributed by atoms with E-state index in [1.165, 1.54) is 24.3 Å². The summed E-state index contributed by atoms with van der Waals surface area (Å²) in [7, 11) is 0. The molecule has 0 aromatic heterocycles. The Balaban J connectivity index is 2.29. The molecule has 0 aliphatic carbocycles. The van der Waals surface area contributed by atoms with Crippen molar-refractivity contribution >= 4 is 39.9 Å². The van der Waals surface area contributed by atoms with Gasteiger partial charge >= 0.3 is 0 Å². The minimum Gasteiger partial charge on any atom is -0.508 e. The average molecular weight is 398 g/mol. The van der Waals surface area contributed by atoms with Crippen molar-refractivity contribution in [1.29, 1.82) is 0 Å². The van der Waals surface area contributed by atoms with E-state index >= 15 is 0 Å². The average Bonchev–Trinajstić information content (AvgIpc) is 2.43. The molecule has 21 heavy (non-hydrogen) atoms. The van der Waals surface area contributed by atoms with Crippen molar-refractivity contribution in [2.75, 3.05) is 5.32 Å². The summed E-state index contributed by atoms with van der Waals surface area (Å²) in [6, 6.07) is 8.83. The Hall–Kier alpha value is -2.16. The fraction of sp³-hybridized carbons (Fsp3) is 0.0714. The van der Waals surface area contributed by atoms with Crippen LogP contribution in [0.2, 0.25) is 0 Å². The Morgan fingerprint density at radius 2 is 2.00 bits per heavy atom. The largest absolute Gasteiger partial charge is 0.508 e. The van der Waals surface area contributed by atoms with Gasteiger partial charge in [-0.2, -0.15) is 0 Å². The normalized spacial score (nSPS) is 10.2. The summed E-state index contributed by atoms with van der Waals surface area (Å²) >= 11 is 1.94. The highest BCUT2D eigenvalue weighted by molar-refractivity contribution is 14.1. The Morgan fingerprint density at radius 1 is 1.29 bits per heavy atom. The van der Waals surface area contributed by atoms with Crippen molar-refractivity contribution in [2.45, 2.75) is 6.92 Å². The molecule has 108 valence electrons. The number of amides is 1. The van der Waals surface area contributed by atoms with Crippen LogP contribution in [-0.4, -0.2) is 15.9 Å². The van der Waals surface area contributed by atoms with Gasteiger partial charge in [-0.3, -0.25) is 14.9 Å². The minimum absolute atomic E-state index is 0.0709. The van der Waals surface area contributed by atoms with Gasteiger partial charge in [0.05, 0.1) is 10.5 Å². The summed E-state index contributed by atoms with van der Waals surface area (Å²) in [6.45, 7) is 1.74. The molecular formula is C14H11IN2O4. The number of aryl methyl sites for hydroxylation is 1. The topological polar surface area (TPSA) is 92.5 Å². The Morgan fingerprint density at radius 3 is 2.62 bits per heavy atom. The molecule has 0 bridgehead atoms. The minimum atomic E-state index is -0.551. The molecule has 1 amide bonds. The van der Waals surface area contributed by atoms with E-state index in [4.69, 9.17) is 0 Å². The lowest BCUT2D eigenvalue weighted by Crippen LogP contribution is -2.13. The smallest absolute Gasteiger partial charge is 0.270 e. The number of nitrogens with zero attached hydrogens (tertiary/aromatic N) is 1. The number of nitro benzene ring substituents is 1. The Bertz CT molecular complexity index is 731. The van der Waals surface area contributed by atoms with Crippen LogP contribution in [0.1, 0.15) is 15.9 Å². The van der Waals surface area contributed by atoms with Crippen LogP contribution in [0.25, 0.3) is 0 Å². The summed E-state index contributed by atoms with van der Waals surface area (Å²) in [5, 5.41) is 23.0. The first-order valence-corrected chi connectivity index (χ1v) is 7.01. The van der Waals surface area contributed by atoms with Crippen LogP contribution in [0.4, 0.5) is 11.4 Å². The SMILES string of the molecule is Cc1ccc(NC(=O)c2cc([N+](=O)[O-])ccc2I)cc1O. The zero-order valence-corrected chi connectivity index (χ0v) is 13.1. The van der Waals surface area contributed by atoms with E-state index in [0.29, 0.717) is 14.8 Å². The van der Waals surface area contributed by atoms with Crippen molar-refractivity contribution in [2.24, 2.45) is 0 Å². The van der Waals surface area contributed by atoms with Gasteiger partial charge in [-0.15, -0.1) is 0 Å². The number of hydrogen-bond donors (Lipinski definition) is 2. The van der Waals surface area contributed by atoms with Crippen molar-refractivity contribution < 1.29 is 14.8 Å². The zero-order chi connectivity index (χ0) is 15.6. The molecule has 0 saturated carbocycles. The number of hydrogen-bond acceptors (Lipinski definition) is 4. The number of nitrogens with one attached hydrogen (secondary N) is 1. The van der Waals surface area contributed by atoms with Gasteiger partial charge in [0.25, 0.3) is 11.6 Å². The summed E-state index contributed by atoms with van der Waals surface area (Å²) in [5.74, 6) is -0.395. The van der Waals surface area contributed by atoms with Crippen LogP contribution in [0.3, 0.4) is 0 Å². The number of carbonyl (C=O) groups excluding carboxylic acids is 1. The summed E-state index contributed by atoms with van der Waals surface area (Å²) < 4.78 is 0.604. The maximum Gasteiger partial charge on any atom is 0.270 e. The number of phenols is 1. The number of phenolic OH excluding ortho intramolecular Hbond substituents is 1. The second kappa shape index (κ2) is 6.08. The first-order valence-electron chi connectivity index (χ1n) is 5.93. The van der Waals surface area contributed by atoms with Crippen molar-refractivity contribution in [3.63, 3.8) is 0 Å². The van der Waals surface area contributed by atoms with Crippen LogP contribution >= 0.6 is 22.6 Å². The fourth-order valence-electron chi connectivity index (χ4n) is 1.69. The monoisotopic (exact) mass is 398 g/mol. The van der Waals surface area contributed by atoms with Gasteiger partial charge in [0.15, 0.2) is 0 Å². The van der Waals surface area contributed by atoms with Gasteiger partial charge in [-0.25, -0.2) is 0 Å². The van der Waals surface area contributed by atoms with Crippen LogP contribution in [0.5, 0.6) is 5.75 Å². The van der Waals surface area contributed by atoms with Crippen LogP contribution < -0.4 is 5.32 Å². The van der Waals surface area contributed by atoms with Gasteiger partial charge in [-0.05, 0) is 47.2 Å². The predicted octanol–water partition coefficient (Wildman–Crippen LogP) is 3.47. The molecule has 2 N–H and O–H groups in total. The van der Waals surface area contributed by atoms with Gasteiger partial charge < -0.3 is 10.4 Å². The molecule has 0 spiro atoms. The van der Waals surface area contributed by atoms with Crippen molar-refractivity contribution in [3.05, 3.63) is 61.2 Å². The van der Waals surface area contributed by atoms with E-state index in [0.717, 1.165) is 0 Å². The molecule has 0 aliphatic heterocycles. The zero-order valence-electron chi connectivity index (χ0n) is 11.0. The molecule has 7 heteroatoms. The van der Waals surface area contributed by atoms with Crippen LogP contribution in [0.15, 0.2) is 36.4 Å². The van der Waals surface area contributed by atoms with Crippen LogP contribution in [0, 0.1) is 20.6 Å². The molecule has 0 fully saturated rings. The van der Waals surface area contributed by atoms with E-state index < -0.39 is 10.8 Å². The quantitative estimate of drug-likeness (QED) is 0.471. The second-order valence-electron chi connectivity index (χ2n) is 4.38. The van der Waals surface area contributed by atoms with E-state index in [9.17, 15) is 20.0 Å². The first kappa shape index (κ1) is 15.2. The molecule has 0 saturated heterocycles. The number of carbonyl (C=O) groups is 1. The maximum absolute atomic E-state index is 12.2. The molecule has 0 heterocycles. The molecule has 0 atom stereocenters. The highest BCUT2D eigenvalue weighted by Gasteiger charge is 2.16. The van der Waals surface area contributed by atoms with Crippen molar-refractivity contribution in [3.8, 4) is 5.75 Å². The predicted molar refractivity (Wildman–Crippen MR) is 86.6 cm³/mol. The van der Waals surface area contributed by atoms with E-state index in [-0.39, 0.29) is 17.0 Å². The lowest BCUT2D eigenvalue weighted by Gasteiger charge is -2.08. The third-order valence-electron chi connectivity index (χ3n) is 2.87. The molecule has 0 unspecified atom stereocenters. The summed E-state index contributed by atoms with van der Waals surface area (Å²) in [4.78, 5) is 22.4. The first-order chi connectivity index (χ1) is 9.88. The molecule has 2 rings (SSSR count).